The molecule has 2 aliphatic rings. The van der Waals surface area contributed by atoms with E-state index in [0.717, 1.165) is 16.8 Å². The normalized spacial score (nSPS) is 15.8. The monoisotopic (exact) mass is 477 g/mol. The molecule has 180 valence electrons. The molecule has 2 aromatic carbocycles. The van der Waals surface area contributed by atoms with Gasteiger partial charge < -0.3 is 10.1 Å². The van der Waals surface area contributed by atoms with Gasteiger partial charge in [0.25, 0.3) is 0 Å². The predicted octanol–water partition coefficient (Wildman–Crippen LogP) is 6.21. The van der Waals surface area contributed by atoms with Gasteiger partial charge in [0.1, 0.15) is 11.5 Å². The summed E-state index contributed by atoms with van der Waals surface area (Å²) in [6.07, 6.45) is 10.6. The largest absolute Gasteiger partial charge is 0.461 e. The number of aromatic nitrogens is 2. The van der Waals surface area contributed by atoms with Crippen molar-refractivity contribution in [2.24, 2.45) is 5.41 Å². The van der Waals surface area contributed by atoms with Gasteiger partial charge in [-0.3, -0.25) is 19.6 Å². The standard InChI is InChI=1S/C30H27N3O3/c1-17-12-20(31-5)8-6-18(17)7-9-21-13-19(14-26(36-21)30(2,3)4)27-28(34)22-15-24-25(33-11-10-32-24)16-23(22)29(27)35/h6-16,31H,1-5H3. The molecule has 0 bridgehead atoms. The second kappa shape index (κ2) is 8.72. The molecule has 36 heavy (non-hydrogen) atoms. The number of nitrogens with one attached hydrogen (secondary N) is 1. The summed E-state index contributed by atoms with van der Waals surface area (Å²) in [4.78, 5) is 35.5. The van der Waals surface area contributed by atoms with Gasteiger partial charge in [0.05, 0.1) is 16.6 Å². The third-order valence-corrected chi connectivity index (χ3v) is 6.38. The van der Waals surface area contributed by atoms with E-state index >= 15 is 0 Å². The number of allylic oxidation sites excluding steroid dienone is 6. The number of ketones is 2. The molecule has 0 radical (unpaired) electrons. The number of fused-ring (bicyclic) bond motifs is 2. The van der Waals surface area contributed by atoms with Crippen LogP contribution in [-0.2, 0) is 4.74 Å². The van der Waals surface area contributed by atoms with E-state index in [-0.39, 0.29) is 22.6 Å². The highest BCUT2D eigenvalue weighted by Crippen LogP contribution is 2.38. The minimum atomic E-state index is -0.330. The van der Waals surface area contributed by atoms with Gasteiger partial charge in [0, 0.05) is 41.7 Å². The number of carbonyl (C=O) groups excluding carboxylic acids is 2. The summed E-state index contributed by atoms with van der Waals surface area (Å²) >= 11 is 0. The molecule has 0 spiro atoms. The summed E-state index contributed by atoms with van der Waals surface area (Å²) in [5, 5.41) is 3.14. The fourth-order valence-corrected chi connectivity index (χ4v) is 4.33. The van der Waals surface area contributed by atoms with E-state index in [1.807, 2.05) is 59.0 Å². The van der Waals surface area contributed by atoms with Gasteiger partial charge in [-0.15, -0.1) is 0 Å². The van der Waals surface area contributed by atoms with Crippen LogP contribution in [0.1, 0.15) is 52.6 Å². The molecule has 1 aliphatic carbocycles. The van der Waals surface area contributed by atoms with Crippen LogP contribution in [0.3, 0.4) is 0 Å². The Bertz CT molecular complexity index is 1510. The first-order chi connectivity index (χ1) is 17.2. The van der Waals surface area contributed by atoms with Crippen molar-refractivity contribution in [3.05, 3.63) is 106 Å². The summed E-state index contributed by atoms with van der Waals surface area (Å²) in [7, 11) is 1.89. The van der Waals surface area contributed by atoms with Gasteiger partial charge in [-0.05, 0) is 66.1 Å². The van der Waals surface area contributed by atoms with Crippen molar-refractivity contribution in [3.8, 4) is 0 Å². The zero-order chi connectivity index (χ0) is 25.6. The van der Waals surface area contributed by atoms with Crippen molar-refractivity contribution < 1.29 is 14.3 Å². The maximum absolute atomic E-state index is 13.4. The number of hydrogen-bond acceptors (Lipinski definition) is 6. The Morgan fingerprint density at radius 3 is 2.08 bits per heavy atom. The van der Waals surface area contributed by atoms with Crippen LogP contribution in [-0.4, -0.2) is 28.6 Å². The first kappa shape index (κ1) is 23.4. The first-order valence-electron chi connectivity index (χ1n) is 11.8. The van der Waals surface area contributed by atoms with Gasteiger partial charge >= 0.3 is 0 Å². The topological polar surface area (TPSA) is 81.2 Å². The molecule has 6 heteroatoms. The number of aryl methyl sites for hydroxylation is 1. The molecule has 0 unspecified atom stereocenters. The van der Waals surface area contributed by atoms with Crippen molar-refractivity contribution in [2.45, 2.75) is 27.7 Å². The average molecular weight is 478 g/mol. The van der Waals surface area contributed by atoms with Crippen molar-refractivity contribution in [1.82, 2.24) is 9.97 Å². The van der Waals surface area contributed by atoms with Crippen LogP contribution in [0.25, 0.3) is 17.1 Å². The van der Waals surface area contributed by atoms with Gasteiger partial charge in [0.15, 0.2) is 11.6 Å². The van der Waals surface area contributed by atoms with Crippen LogP contribution in [0.15, 0.2) is 83.6 Å². The van der Waals surface area contributed by atoms with Crippen LogP contribution < -0.4 is 5.32 Å². The molecule has 6 nitrogen and oxygen atoms in total. The lowest BCUT2D eigenvalue weighted by Gasteiger charge is -2.27. The number of anilines is 1. The number of nitrogens with zero attached hydrogens (tertiary/aromatic N) is 2. The molecule has 0 saturated carbocycles. The van der Waals surface area contributed by atoms with E-state index in [4.69, 9.17) is 4.74 Å². The molecule has 1 aromatic heterocycles. The Labute approximate surface area is 210 Å². The van der Waals surface area contributed by atoms with E-state index in [1.54, 1.807) is 36.7 Å². The third kappa shape index (κ3) is 4.15. The number of carbonyl (C=O) groups is 2. The Morgan fingerprint density at radius 2 is 1.53 bits per heavy atom. The molecular formula is C30H27N3O3. The molecule has 0 atom stereocenters. The lowest BCUT2D eigenvalue weighted by molar-refractivity contribution is 0.0987. The van der Waals surface area contributed by atoms with Crippen molar-refractivity contribution >= 4 is 34.4 Å². The lowest BCUT2D eigenvalue weighted by atomic mass is 9.89. The Kier molecular flexibility index (Phi) is 5.67. The number of benzene rings is 2. The van der Waals surface area contributed by atoms with E-state index in [2.05, 4.69) is 21.4 Å². The molecule has 0 amide bonds. The number of rotatable bonds is 3. The summed E-state index contributed by atoms with van der Waals surface area (Å²) in [6, 6.07) is 9.43. The highest BCUT2D eigenvalue weighted by Gasteiger charge is 2.37. The third-order valence-electron chi connectivity index (χ3n) is 6.38. The number of Topliss-reactive ketones (excluding diaryl/α,β-unsaturated/α-hetero) is 2. The summed E-state index contributed by atoms with van der Waals surface area (Å²) < 4.78 is 6.20. The minimum Gasteiger partial charge on any atom is -0.461 e. The zero-order valence-electron chi connectivity index (χ0n) is 21.0. The second-order valence-corrected chi connectivity index (χ2v) is 9.99. The maximum atomic E-state index is 13.4. The van der Waals surface area contributed by atoms with Gasteiger partial charge in [-0.2, -0.15) is 0 Å². The van der Waals surface area contributed by atoms with Crippen LogP contribution >= 0.6 is 0 Å². The highest BCUT2D eigenvalue weighted by atomic mass is 16.5. The van der Waals surface area contributed by atoms with Crippen molar-refractivity contribution in [2.75, 3.05) is 12.4 Å². The van der Waals surface area contributed by atoms with E-state index in [0.29, 0.717) is 39.3 Å². The second-order valence-electron chi connectivity index (χ2n) is 9.99. The summed E-state index contributed by atoms with van der Waals surface area (Å²) in [5.41, 5.74) is 5.45. The quantitative estimate of drug-likeness (QED) is 0.357. The smallest absolute Gasteiger partial charge is 0.198 e. The van der Waals surface area contributed by atoms with Crippen LogP contribution in [0.5, 0.6) is 0 Å². The van der Waals surface area contributed by atoms with Crippen molar-refractivity contribution in [1.29, 1.82) is 0 Å². The fraction of sp³-hybridized carbons (Fsp3) is 0.200. The summed E-state index contributed by atoms with van der Waals surface area (Å²) in [6.45, 7) is 8.15. The Morgan fingerprint density at radius 1 is 0.889 bits per heavy atom. The lowest BCUT2D eigenvalue weighted by Crippen LogP contribution is -2.16. The fourth-order valence-electron chi connectivity index (χ4n) is 4.33. The molecule has 0 fully saturated rings. The van der Waals surface area contributed by atoms with Crippen LogP contribution in [0, 0.1) is 12.3 Å². The molecule has 0 saturated heterocycles. The molecule has 2 heterocycles. The Hall–Kier alpha value is -4.32. The molecule has 5 rings (SSSR count). The summed E-state index contributed by atoms with van der Waals surface area (Å²) in [5.74, 6) is 0.635. The van der Waals surface area contributed by atoms with Gasteiger partial charge in [-0.1, -0.05) is 32.9 Å². The van der Waals surface area contributed by atoms with Gasteiger partial charge in [-0.25, -0.2) is 0 Å². The van der Waals surface area contributed by atoms with Crippen LogP contribution in [0.4, 0.5) is 5.69 Å². The van der Waals surface area contributed by atoms with Crippen molar-refractivity contribution in [3.63, 3.8) is 0 Å². The minimum absolute atomic E-state index is 0.144. The first-order valence-corrected chi connectivity index (χ1v) is 11.8. The maximum Gasteiger partial charge on any atom is 0.198 e. The molecule has 1 N–H and O–H groups in total. The van der Waals surface area contributed by atoms with E-state index in [9.17, 15) is 9.59 Å². The molecule has 1 aliphatic heterocycles. The number of ether oxygens (including phenoxy) is 1. The molecule has 3 aromatic rings. The Balaban J connectivity index is 1.60. The SMILES string of the molecule is CNc1ccc(C=CC2=CC(=C3C(=O)c4cc5nccnc5cc4C3=O)C=C(C(C)(C)C)O2)c(C)c1. The highest BCUT2D eigenvalue weighted by molar-refractivity contribution is 6.40. The predicted molar refractivity (Wildman–Crippen MR) is 142 cm³/mol. The van der Waals surface area contributed by atoms with E-state index < -0.39 is 0 Å². The van der Waals surface area contributed by atoms with Gasteiger partial charge in [0.2, 0.25) is 0 Å². The number of hydrogen-bond donors (Lipinski definition) is 1. The van der Waals surface area contributed by atoms with E-state index in [1.165, 1.54) is 0 Å². The molecular weight excluding hydrogens is 450 g/mol. The average Bonchev–Trinajstić information content (AvgIpc) is 3.10. The zero-order valence-corrected chi connectivity index (χ0v) is 21.0. The van der Waals surface area contributed by atoms with Crippen LogP contribution in [0.2, 0.25) is 0 Å².